The number of benzene rings is 1. The van der Waals surface area contributed by atoms with Gasteiger partial charge in [-0.15, -0.1) is 5.10 Å². The van der Waals surface area contributed by atoms with E-state index in [2.05, 4.69) is 55.4 Å². The molecule has 50 heavy (non-hydrogen) atoms. The predicted octanol–water partition coefficient (Wildman–Crippen LogP) is 7.39. The van der Waals surface area contributed by atoms with E-state index in [0.29, 0.717) is 32.9 Å². The Kier molecular flexibility index (Phi) is 15.1. The second kappa shape index (κ2) is 20.4. The van der Waals surface area contributed by atoms with Crippen molar-refractivity contribution in [2.24, 2.45) is 0 Å². The Balaban J connectivity index is 0.900. The van der Waals surface area contributed by atoms with Gasteiger partial charge in [-0.05, 0) is 80.8 Å². The summed E-state index contributed by atoms with van der Waals surface area (Å²) in [7, 11) is 0. The van der Waals surface area contributed by atoms with Crippen molar-refractivity contribution in [2.45, 2.75) is 84.2 Å². The maximum atomic E-state index is 11.9. The number of pyridine rings is 3. The molecule has 0 spiro atoms. The van der Waals surface area contributed by atoms with Crippen LogP contribution in [0.15, 0.2) is 79.6 Å². The zero-order valence-corrected chi connectivity index (χ0v) is 29.8. The van der Waals surface area contributed by atoms with E-state index in [-0.39, 0.29) is 0 Å². The largest absolute Gasteiger partial charge is 0.424 e. The first kappa shape index (κ1) is 37.0. The molecule has 0 aliphatic carbocycles. The molecule has 0 atom stereocenters. The third-order valence-electron chi connectivity index (χ3n) is 8.39. The van der Waals surface area contributed by atoms with Crippen molar-refractivity contribution < 1.29 is 23.6 Å². The lowest BCUT2D eigenvalue weighted by molar-refractivity contribution is -0.697. The topological polar surface area (TPSA) is 105 Å². The summed E-state index contributed by atoms with van der Waals surface area (Å²) in [6.07, 6.45) is 22.1. The third-order valence-corrected chi connectivity index (χ3v) is 8.70. The molecular weight excluding hydrogens is 652 g/mol. The molecule has 0 aliphatic heterocycles. The van der Waals surface area contributed by atoms with E-state index in [9.17, 15) is 4.79 Å². The summed E-state index contributed by atoms with van der Waals surface area (Å²) in [5.74, 6) is -0.0946. The minimum Gasteiger partial charge on any atom is -0.424 e. The van der Waals surface area contributed by atoms with Gasteiger partial charge < -0.3 is 14.2 Å². The summed E-state index contributed by atoms with van der Waals surface area (Å²) in [6, 6.07) is 13.8. The third kappa shape index (κ3) is 12.0. The molecule has 4 aromatic heterocycles. The molecule has 0 bridgehead atoms. The molecule has 0 radical (unpaired) electrons. The molecule has 5 rings (SSSR count). The van der Waals surface area contributed by atoms with E-state index < -0.39 is 5.97 Å². The number of rotatable bonds is 22. The lowest BCUT2D eigenvalue weighted by Gasteiger charge is -2.11. The van der Waals surface area contributed by atoms with Crippen LogP contribution >= 0.6 is 11.6 Å². The van der Waals surface area contributed by atoms with Gasteiger partial charge in [0, 0.05) is 81.9 Å². The number of hydrogen-bond acceptors (Lipinski definition) is 8. The lowest BCUT2D eigenvalue weighted by atomic mass is 10.1. The van der Waals surface area contributed by atoms with Crippen LogP contribution in [0, 0.1) is 0 Å². The molecular formula is C39H48ClN6O4+. The highest BCUT2D eigenvalue weighted by atomic mass is 35.5. The normalized spacial score (nSPS) is 11.3. The Morgan fingerprint density at radius 2 is 1.60 bits per heavy atom. The molecule has 264 valence electrons. The molecule has 11 heteroatoms. The van der Waals surface area contributed by atoms with Crippen LogP contribution in [-0.4, -0.2) is 57.4 Å². The maximum Gasteiger partial charge on any atom is 0.308 e. The van der Waals surface area contributed by atoms with Gasteiger partial charge in [-0.2, -0.15) is 0 Å². The van der Waals surface area contributed by atoms with Crippen LogP contribution in [0.2, 0.25) is 5.02 Å². The van der Waals surface area contributed by atoms with Crippen LogP contribution in [0.3, 0.4) is 0 Å². The molecule has 0 saturated carbocycles. The summed E-state index contributed by atoms with van der Waals surface area (Å²) < 4.78 is 21.4. The molecule has 1 aromatic carbocycles. The molecule has 0 unspecified atom stereocenters. The van der Waals surface area contributed by atoms with Crippen molar-refractivity contribution in [1.82, 2.24) is 25.0 Å². The van der Waals surface area contributed by atoms with Crippen LogP contribution in [0.4, 0.5) is 0 Å². The monoisotopic (exact) mass is 699 g/mol. The van der Waals surface area contributed by atoms with Gasteiger partial charge in [0.2, 0.25) is 0 Å². The Morgan fingerprint density at radius 1 is 0.860 bits per heavy atom. The summed E-state index contributed by atoms with van der Waals surface area (Å²) in [5, 5.41) is 9.84. The average Bonchev–Trinajstić information content (AvgIpc) is 3.60. The number of fused-ring (bicyclic) bond motifs is 1. The SMILES string of the molecule is CC(=O)Oc1c(-c2cn(CCCCCCOCCCc3ccc[n+](CCCCOCCCc4cccnc4)c3)nn2)cc(Cl)c2cccnc12. The maximum absolute atomic E-state index is 11.9. The minimum atomic E-state index is -0.436. The first-order chi connectivity index (χ1) is 24.6. The Bertz CT molecular complexity index is 1770. The van der Waals surface area contributed by atoms with E-state index in [1.165, 1.54) is 18.1 Å². The van der Waals surface area contributed by atoms with Crippen LogP contribution in [0.25, 0.3) is 22.2 Å². The number of ether oxygens (including phenoxy) is 3. The van der Waals surface area contributed by atoms with E-state index in [1.807, 2.05) is 35.4 Å². The highest BCUT2D eigenvalue weighted by molar-refractivity contribution is 6.36. The first-order valence-corrected chi connectivity index (χ1v) is 18.1. The van der Waals surface area contributed by atoms with Crippen LogP contribution < -0.4 is 9.30 Å². The summed E-state index contributed by atoms with van der Waals surface area (Å²) >= 11 is 6.53. The number of aromatic nitrogens is 6. The molecule has 4 heterocycles. The number of halogens is 1. The predicted molar refractivity (Wildman–Crippen MR) is 194 cm³/mol. The zero-order valence-electron chi connectivity index (χ0n) is 29.0. The van der Waals surface area contributed by atoms with Crippen LogP contribution in [0.1, 0.15) is 69.4 Å². The van der Waals surface area contributed by atoms with E-state index in [0.717, 1.165) is 104 Å². The Labute approximate surface area is 299 Å². The Morgan fingerprint density at radius 3 is 2.40 bits per heavy atom. The van der Waals surface area contributed by atoms with Gasteiger partial charge in [-0.3, -0.25) is 19.4 Å². The minimum absolute atomic E-state index is 0.341. The van der Waals surface area contributed by atoms with Crippen LogP contribution in [-0.2, 0) is 40.2 Å². The number of carbonyl (C=O) groups excluding carboxylic acids is 1. The first-order valence-electron chi connectivity index (χ1n) is 17.8. The van der Waals surface area contributed by atoms with Gasteiger partial charge >= 0.3 is 5.97 Å². The average molecular weight is 700 g/mol. The smallest absolute Gasteiger partial charge is 0.308 e. The second-order valence-corrected chi connectivity index (χ2v) is 12.9. The number of hydrogen-bond donors (Lipinski definition) is 0. The number of aryl methyl sites for hydroxylation is 4. The van der Waals surface area contributed by atoms with Crippen LogP contribution in [0.5, 0.6) is 5.75 Å². The van der Waals surface area contributed by atoms with Gasteiger partial charge in [-0.25, -0.2) is 4.57 Å². The molecule has 0 saturated heterocycles. The highest BCUT2D eigenvalue weighted by Gasteiger charge is 2.19. The fourth-order valence-corrected chi connectivity index (χ4v) is 6.11. The fraction of sp³-hybridized carbons (Fsp3) is 0.436. The zero-order chi connectivity index (χ0) is 34.8. The number of nitrogens with zero attached hydrogens (tertiary/aromatic N) is 6. The highest BCUT2D eigenvalue weighted by Crippen LogP contribution is 2.39. The summed E-state index contributed by atoms with van der Waals surface area (Å²) in [4.78, 5) is 20.4. The van der Waals surface area contributed by atoms with Crippen molar-refractivity contribution in [1.29, 1.82) is 0 Å². The lowest BCUT2D eigenvalue weighted by Crippen LogP contribution is -2.33. The van der Waals surface area contributed by atoms with Crippen molar-refractivity contribution in [3.63, 3.8) is 0 Å². The van der Waals surface area contributed by atoms with Gasteiger partial charge in [0.25, 0.3) is 0 Å². The molecule has 0 amide bonds. The number of esters is 1. The molecule has 0 aliphatic rings. The number of unbranched alkanes of at least 4 members (excludes halogenated alkanes) is 4. The van der Waals surface area contributed by atoms with Gasteiger partial charge in [-0.1, -0.05) is 35.7 Å². The molecule has 0 fully saturated rings. The summed E-state index contributed by atoms with van der Waals surface area (Å²) in [6.45, 7) is 6.29. The quantitative estimate of drug-likeness (QED) is 0.0319. The molecule has 5 aromatic rings. The van der Waals surface area contributed by atoms with Crippen molar-refractivity contribution in [2.75, 3.05) is 26.4 Å². The second-order valence-electron chi connectivity index (χ2n) is 12.5. The van der Waals surface area contributed by atoms with E-state index in [1.54, 1.807) is 18.3 Å². The number of carbonyl (C=O) groups is 1. The van der Waals surface area contributed by atoms with E-state index in [4.69, 9.17) is 25.8 Å². The van der Waals surface area contributed by atoms with Gasteiger partial charge in [0.15, 0.2) is 18.1 Å². The Hall–Kier alpha value is -4.25. The molecule has 10 nitrogen and oxygen atoms in total. The summed E-state index contributed by atoms with van der Waals surface area (Å²) in [5.41, 5.74) is 4.31. The van der Waals surface area contributed by atoms with Crippen molar-refractivity contribution in [3.05, 3.63) is 95.8 Å². The van der Waals surface area contributed by atoms with E-state index >= 15 is 0 Å². The van der Waals surface area contributed by atoms with Crippen molar-refractivity contribution in [3.8, 4) is 17.0 Å². The van der Waals surface area contributed by atoms with Gasteiger partial charge in [0.05, 0.1) is 16.8 Å². The fourth-order valence-electron chi connectivity index (χ4n) is 5.84. The standard InChI is InChI=1S/C39H48ClN6O4/c1-31(47)50-39-35(27-36(40)34-17-9-19-42-38(34)39)37-30-46(44-43-37)22-4-2-3-6-23-48-26-12-16-33-14-10-21-45(29-33)20-5-7-24-49-25-11-15-32-13-8-18-41-28-32/h8-10,13-14,17-19,21,27-30H,2-7,11-12,15-16,20,22-26H2,1H3/q+1. The van der Waals surface area contributed by atoms with Gasteiger partial charge in [0.1, 0.15) is 17.8 Å². The molecule has 0 N–H and O–H groups in total. The van der Waals surface area contributed by atoms with Crippen molar-refractivity contribution >= 4 is 28.5 Å².